The standard InChI is InChI=1S/C33H54O13S/c1-16(2)12-17(34)15-33(5,40)24-7-6-20-19-14-23(46-47(41,42)43)22-13-18(8-10-31(22,3)21(19)9-11-32(20,24)4)44-30-27(37)25(35)26(36)28(45-30)29(38)39/h16,18-28,30,35-37,40H,6-15H2,1-5H3,(H,38,39)(H,41,42,43). The lowest BCUT2D eigenvalue weighted by Gasteiger charge is -2.63. The van der Waals surface area contributed by atoms with E-state index in [1.807, 2.05) is 13.8 Å². The van der Waals surface area contributed by atoms with E-state index in [0.29, 0.717) is 25.7 Å². The first-order valence-electron chi connectivity index (χ1n) is 17.2. The molecule has 0 spiro atoms. The minimum absolute atomic E-state index is 0.0506. The molecule has 5 aliphatic rings. The van der Waals surface area contributed by atoms with Gasteiger partial charge in [0.25, 0.3) is 0 Å². The number of carboxylic acid groups (broad SMARTS) is 1. The van der Waals surface area contributed by atoms with Crippen LogP contribution in [0.5, 0.6) is 0 Å². The molecule has 6 N–H and O–H groups in total. The molecule has 0 radical (unpaired) electrons. The Morgan fingerprint density at radius 2 is 1.57 bits per heavy atom. The molecule has 0 amide bonds. The van der Waals surface area contributed by atoms with Gasteiger partial charge >= 0.3 is 16.4 Å². The fourth-order valence-corrected chi connectivity index (χ4v) is 11.6. The van der Waals surface area contributed by atoms with Gasteiger partial charge in [0.2, 0.25) is 0 Å². The lowest BCUT2D eigenvalue weighted by atomic mass is 9.43. The number of rotatable bonds is 10. The van der Waals surface area contributed by atoms with Crippen LogP contribution in [-0.4, -0.2) is 98.8 Å². The highest BCUT2D eigenvalue weighted by atomic mass is 32.3. The molecule has 15 atom stereocenters. The molecule has 4 saturated carbocycles. The number of hydrogen-bond donors (Lipinski definition) is 6. The van der Waals surface area contributed by atoms with Crippen LogP contribution >= 0.6 is 0 Å². The zero-order valence-electron chi connectivity index (χ0n) is 28.0. The molecular weight excluding hydrogens is 636 g/mol. The van der Waals surface area contributed by atoms with Gasteiger partial charge in [0.15, 0.2) is 12.4 Å². The van der Waals surface area contributed by atoms with Crippen LogP contribution in [0.4, 0.5) is 0 Å². The number of fused-ring (bicyclic) bond motifs is 5. The number of carbonyl (C=O) groups is 2. The molecule has 270 valence electrons. The van der Waals surface area contributed by atoms with E-state index in [4.69, 9.17) is 13.7 Å². The van der Waals surface area contributed by atoms with Crippen molar-refractivity contribution in [3.63, 3.8) is 0 Å². The molecule has 0 aromatic carbocycles. The summed E-state index contributed by atoms with van der Waals surface area (Å²) in [6, 6.07) is 0. The third kappa shape index (κ3) is 7.05. The SMILES string of the molecule is CC(C)CC(=O)CC(C)(O)C1CCC2C3CC(OS(=O)(=O)O)C4CC(OC5OC(C(=O)O)C(O)C(O)C5O)CCC4(C)C3CCC21C. The van der Waals surface area contributed by atoms with Crippen molar-refractivity contribution in [2.24, 2.45) is 46.3 Å². The van der Waals surface area contributed by atoms with Crippen molar-refractivity contribution in [1.82, 2.24) is 0 Å². The van der Waals surface area contributed by atoms with E-state index in [-0.39, 0.29) is 59.5 Å². The second-order valence-electron chi connectivity index (χ2n) is 16.4. The van der Waals surface area contributed by atoms with Gasteiger partial charge in [-0.15, -0.1) is 0 Å². The van der Waals surface area contributed by atoms with Gasteiger partial charge in [-0.05, 0) is 105 Å². The zero-order chi connectivity index (χ0) is 34.9. The molecular formula is C33H54O13S. The minimum atomic E-state index is -4.83. The summed E-state index contributed by atoms with van der Waals surface area (Å²) in [5, 5.41) is 52.0. The number of ketones is 1. The average Bonchev–Trinajstić information content (AvgIpc) is 3.30. The average molecular weight is 691 g/mol. The van der Waals surface area contributed by atoms with Gasteiger partial charge in [-0.2, -0.15) is 8.42 Å². The fourth-order valence-electron chi connectivity index (χ4n) is 11.0. The molecule has 5 fully saturated rings. The highest BCUT2D eigenvalue weighted by Crippen LogP contribution is 2.69. The third-order valence-electron chi connectivity index (χ3n) is 12.9. The van der Waals surface area contributed by atoms with Crippen molar-refractivity contribution in [1.29, 1.82) is 0 Å². The Bertz CT molecular complexity index is 1290. The van der Waals surface area contributed by atoms with Crippen LogP contribution in [0.15, 0.2) is 0 Å². The third-order valence-corrected chi connectivity index (χ3v) is 13.4. The Kier molecular flexibility index (Phi) is 10.4. The van der Waals surface area contributed by atoms with E-state index >= 15 is 0 Å². The fraction of sp³-hybridized carbons (Fsp3) is 0.939. The highest BCUT2D eigenvalue weighted by Gasteiger charge is 2.65. The van der Waals surface area contributed by atoms with Crippen molar-refractivity contribution in [2.45, 2.75) is 147 Å². The number of hydrogen-bond acceptors (Lipinski definition) is 11. The van der Waals surface area contributed by atoms with E-state index in [0.717, 1.165) is 25.7 Å². The van der Waals surface area contributed by atoms with Gasteiger partial charge in [-0.25, -0.2) is 8.98 Å². The van der Waals surface area contributed by atoms with Gasteiger partial charge in [-0.1, -0.05) is 27.7 Å². The number of carboxylic acids is 1. The normalized spacial score (nSPS) is 46.6. The first-order chi connectivity index (χ1) is 21.7. The largest absolute Gasteiger partial charge is 0.479 e. The van der Waals surface area contributed by atoms with Gasteiger partial charge < -0.3 is 35.0 Å². The molecule has 0 aromatic rings. The molecule has 1 heterocycles. The summed E-state index contributed by atoms with van der Waals surface area (Å²) in [5.41, 5.74) is -1.84. The first-order valence-corrected chi connectivity index (χ1v) is 18.5. The monoisotopic (exact) mass is 690 g/mol. The summed E-state index contributed by atoms with van der Waals surface area (Å²) >= 11 is 0. The Balaban J connectivity index is 1.37. The van der Waals surface area contributed by atoms with Crippen molar-refractivity contribution >= 4 is 22.2 Å². The highest BCUT2D eigenvalue weighted by molar-refractivity contribution is 7.80. The van der Waals surface area contributed by atoms with Crippen LogP contribution < -0.4 is 0 Å². The van der Waals surface area contributed by atoms with E-state index in [9.17, 15) is 48.1 Å². The molecule has 15 unspecified atom stereocenters. The number of aliphatic carboxylic acids is 1. The maximum atomic E-state index is 12.8. The van der Waals surface area contributed by atoms with Gasteiger partial charge in [0.1, 0.15) is 24.1 Å². The Labute approximate surface area is 277 Å². The molecule has 47 heavy (non-hydrogen) atoms. The van der Waals surface area contributed by atoms with Gasteiger partial charge in [-0.3, -0.25) is 9.35 Å². The van der Waals surface area contributed by atoms with Crippen molar-refractivity contribution in [2.75, 3.05) is 0 Å². The summed E-state index contributed by atoms with van der Waals surface area (Å²) in [7, 11) is -4.83. The maximum Gasteiger partial charge on any atom is 0.397 e. The number of aliphatic hydroxyl groups excluding tert-OH is 3. The number of Topliss-reactive ketones (excluding diaryl/α,β-unsaturated/α-hetero) is 1. The number of aliphatic hydroxyl groups is 4. The zero-order valence-corrected chi connectivity index (χ0v) is 28.8. The Morgan fingerprint density at radius 1 is 0.936 bits per heavy atom. The van der Waals surface area contributed by atoms with Crippen LogP contribution in [0.2, 0.25) is 0 Å². The van der Waals surface area contributed by atoms with E-state index in [2.05, 4.69) is 13.8 Å². The van der Waals surface area contributed by atoms with Crippen molar-refractivity contribution in [3.8, 4) is 0 Å². The second-order valence-corrected chi connectivity index (χ2v) is 17.4. The van der Waals surface area contributed by atoms with Crippen molar-refractivity contribution in [3.05, 3.63) is 0 Å². The molecule has 1 aliphatic heterocycles. The molecule has 0 aromatic heterocycles. The topological polar surface area (TPSA) is 217 Å². The predicted molar refractivity (Wildman–Crippen MR) is 166 cm³/mol. The lowest BCUT2D eigenvalue weighted by molar-refractivity contribution is -0.311. The van der Waals surface area contributed by atoms with Gasteiger partial charge in [0, 0.05) is 12.8 Å². The van der Waals surface area contributed by atoms with Crippen molar-refractivity contribution < 1.29 is 61.7 Å². The lowest BCUT2D eigenvalue weighted by Crippen LogP contribution is -2.62. The molecule has 0 bridgehead atoms. The van der Waals surface area contributed by atoms with Crippen LogP contribution in [0.3, 0.4) is 0 Å². The summed E-state index contributed by atoms with van der Waals surface area (Å²) in [6.07, 6.45) is -4.68. The second kappa shape index (κ2) is 13.1. The number of ether oxygens (including phenoxy) is 2. The Hall–Kier alpha value is -1.23. The summed E-state index contributed by atoms with van der Waals surface area (Å²) in [5.74, 6) is -1.33. The van der Waals surface area contributed by atoms with Crippen LogP contribution in [-0.2, 0) is 33.6 Å². The summed E-state index contributed by atoms with van der Waals surface area (Å²) < 4.78 is 51.0. The maximum absolute atomic E-state index is 12.8. The van der Waals surface area contributed by atoms with E-state index in [1.54, 1.807) is 6.92 Å². The Morgan fingerprint density at radius 3 is 2.19 bits per heavy atom. The smallest absolute Gasteiger partial charge is 0.397 e. The first kappa shape index (κ1) is 37.0. The van der Waals surface area contributed by atoms with Gasteiger partial charge in [0.05, 0.1) is 17.8 Å². The molecule has 1 saturated heterocycles. The molecule has 13 nitrogen and oxygen atoms in total. The summed E-state index contributed by atoms with van der Waals surface area (Å²) in [4.78, 5) is 24.4. The molecule has 5 rings (SSSR count). The molecule has 4 aliphatic carbocycles. The summed E-state index contributed by atoms with van der Waals surface area (Å²) in [6.45, 7) is 10.1. The van der Waals surface area contributed by atoms with Crippen LogP contribution in [0.25, 0.3) is 0 Å². The quantitative estimate of drug-likeness (QED) is 0.144. The van der Waals surface area contributed by atoms with Crippen LogP contribution in [0.1, 0.15) is 98.8 Å². The molecule has 14 heteroatoms. The van der Waals surface area contributed by atoms with Crippen LogP contribution in [0, 0.1) is 46.3 Å². The van der Waals surface area contributed by atoms with E-state index < -0.39 is 70.3 Å². The predicted octanol–water partition coefficient (Wildman–Crippen LogP) is 2.48. The number of carbonyl (C=O) groups excluding carboxylic acids is 1. The van der Waals surface area contributed by atoms with E-state index in [1.165, 1.54) is 0 Å². The minimum Gasteiger partial charge on any atom is -0.479 e.